The average Bonchev–Trinajstić information content (AvgIpc) is 2.53. The summed E-state index contributed by atoms with van der Waals surface area (Å²) >= 11 is 0. The van der Waals surface area contributed by atoms with E-state index in [4.69, 9.17) is 4.74 Å². The number of esters is 1. The van der Waals surface area contributed by atoms with E-state index in [0.717, 1.165) is 18.4 Å². The molecule has 0 saturated heterocycles. The number of ketones is 1. The first-order valence-electron chi connectivity index (χ1n) is 8.87. The fraction of sp³-hybridized carbons (Fsp3) is 0.524. The van der Waals surface area contributed by atoms with Crippen molar-refractivity contribution in [2.24, 2.45) is 17.8 Å². The maximum Gasteiger partial charge on any atom is 0.342 e. The first kappa shape index (κ1) is 18.4. The summed E-state index contributed by atoms with van der Waals surface area (Å²) in [6.07, 6.45) is 4.66. The molecule has 0 aliphatic heterocycles. The molecule has 0 N–H and O–H groups in total. The third-order valence-electron chi connectivity index (χ3n) is 4.93. The van der Waals surface area contributed by atoms with Crippen molar-refractivity contribution in [1.82, 2.24) is 0 Å². The molecule has 3 nitrogen and oxygen atoms in total. The molecule has 0 spiro atoms. The fourth-order valence-corrected chi connectivity index (χ4v) is 3.47. The maximum atomic E-state index is 12.6. The zero-order valence-corrected chi connectivity index (χ0v) is 15.1. The number of carbonyl (C=O) groups is 2. The molecule has 130 valence electrons. The van der Waals surface area contributed by atoms with Crippen LogP contribution in [0.1, 0.15) is 52.5 Å². The molecular weight excluding hydrogens is 300 g/mol. The van der Waals surface area contributed by atoms with E-state index in [0.29, 0.717) is 17.8 Å². The number of rotatable bonds is 5. The Hall–Kier alpha value is -1.90. The molecule has 3 atom stereocenters. The molecular formula is C21H28O3. The average molecular weight is 328 g/mol. The highest BCUT2D eigenvalue weighted by molar-refractivity contribution is 6.19. The van der Waals surface area contributed by atoms with Crippen LogP contribution in [0.25, 0.3) is 6.08 Å². The van der Waals surface area contributed by atoms with E-state index in [-0.39, 0.29) is 17.5 Å². The molecule has 0 heterocycles. The topological polar surface area (TPSA) is 43.4 Å². The van der Waals surface area contributed by atoms with E-state index in [1.807, 2.05) is 30.3 Å². The van der Waals surface area contributed by atoms with Crippen LogP contribution in [0.5, 0.6) is 0 Å². The van der Waals surface area contributed by atoms with Gasteiger partial charge in [-0.25, -0.2) is 4.79 Å². The first-order valence-corrected chi connectivity index (χ1v) is 8.87. The van der Waals surface area contributed by atoms with Gasteiger partial charge in [0, 0.05) is 0 Å². The predicted molar refractivity (Wildman–Crippen MR) is 96.3 cm³/mol. The highest BCUT2D eigenvalue weighted by atomic mass is 16.5. The molecule has 1 aliphatic rings. The summed E-state index contributed by atoms with van der Waals surface area (Å²) in [5.74, 6) is 0.644. The van der Waals surface area contributed by atoms with Crippen molar-refractivity contribution >= 4 is 17.8 Å². The molecule has 24 heavy (non-hydrogen) atoms. The number of Topliss-reactive ketones (excluding diaryl/α,β-unsaturated/α-hetero) is 1. The summed E-state index contributed by atoms with van der Waals surface area (Å²) in [6.45, 7) is 7.96. The largest absolute Gasteiger partial charge is 0.458 e. The SMILES string of the molecule is CC(=O)/C(=C/c1ccccc1)C(=O)O[C@@H]1C[C@H](C)CC[C@@H]1C(C)C. The number of hydrogen-bond donors (Lipinski definition) is 0. The van der Waals surface area contributed by atoms with Gasteiger partial charge in [-0.2, -0.15) is 0 Å². The number of ether oxygens (including phenoxy) is 1. The van der Waals surface area contributed by atoms with Crippen LogP contribution < -0.4 is 0 Å². The predicted octanol–water partition coefficient (Wildman–Crippen LogP) is 4.66. The molecule has 1 fully saturated rings. The van der Waals surface area contributed by atoms with E-state index in [2.05, 4.69) is 20.8 Å². The van der Waals surface area contributed by atoms with Crippen molar-refractivity contribution in [1.29, 1.82) is 0 Å². The van der Waals surface area contributed by atoms with Crippen LogP contribution in [0.3, 0.4) is 0 Å². The summed E-state index contributed by atoms with van der Waals surface area (Å²) in [5, 5.41) is 0. The van der Waals surface area contributed by atoms with Gasteiger partial charge in [0.05, 0.1) is 0 Å². The van der Waals surface area contributed by atoms with Gasteiger partial charge in [-0.1, -0.05) is 57.5 Å². The molecule has 0 amide bonds. The second kappa shape index (κ2) is 8.27. The second-order valence-corrected chi connectivity index (χ2v) is 7.29. The van der Waals surface area contributed by atoms with Gasteiger partial charge in [-0.05, 0) is 49.2 Å². The summed E-state index contributed by atoms with van der Waals surface area (Å²) in [4.78, 5) is 24.6. The Kier molecular flexibility index (Phi) is 6.36. The molecule has 0 radical (unpaired) electrons. The van der Waals surface area contributed by atoms with Crippen LogP contribution >= 0.6 is 0 Å². The Bertz CT molecular complexity index is 601. The van der Waals surface area contributed by atoms with Gasteiger partial charge >= 0.3 is 5.97 Å². The fourth-order valence-electron chi connectivity index (χ4n) is 3.47. The van der Waals surface area contributed by atoms with E-state index in [1.165, 1.54) is 13.3 Å². The minimum atomic E-state index is -0.490. The van der Waals surface area contributed by atoms with E-state index in [9.17, 15) is 9.59 Å². The number of carbonyl (C=O) groups excluding carboxylic acids is 2. The number of hydrogen-bond acceptors (Lipinski definition) is 3. The van der Waals surface area contributed by atoms with Crippen molar-refractivity contribution < 1.29 is 14.3 Å². The van der Waals surface area contributed by atoms with E-state index in [1.54, 1.807) is 6.08 Å². The highest BCUT2D eigenvalue weighted by Gasteiger charge is 2.34. The van der Waals surface area contributed by atoms with Gasteiger partial charge in [0.2, 0.25) is 0 Å². The van der Waals surface area contributed by atoms with Crippen LogP contribution in [0, 0.1) is 17.8 Å². The summed E-state index contributed by atoms with van der Waals surface area (Å²) in [7, 11) is 0. The van der Waals surface area contributed by atoms with Gasteiger partial charge in [-0.15, -0.1) is 0 Å². The Balaban J connectivity index is 2.18. The molecule has 1 aliphatic carbocycles. The Labute approximate surface area is 145 Å². The van der Waals surface area contributed by atoms with Crippen molar-refractivity contribution in [2.45, 2.75) is 53.1 Å². The van der Waals surface area contributed by atoms with Crippen LogP contribution in [-0.2, 0) is 14.3 Å². The van der Waals surface area contributed by atoms with Crippen molar-refractivity contribution in [2.75, 3.05) is 0 Å². The van der Waals surface area contributed by atoms with Gasteiger partial charge in [0.25, 0.3) is 0 Å². The van der Waals surface area contributed by atoms with Crippen LogP contribution in [0.15, 0.2) is 35.9 Å². The minimum absolute atomic E-state index is 0.0974. The number of benzene rings is 1. The monoisotopic (exact) mass is 328 g/mol. The molecule has 1 aromatic carbocycles. The van der Waals surface area contributed by atoms with Crippen molar-refractivity contribution in [3.63, 3.8) is 0 Å². The highest BCUT2D eigenvalue weighted by Crippen LogP contribution is 2.35. The summed E-state index contributed by atoms with van der Waals surface area (Å²) < 4.78 is 5.80. The third kappa shape index (κ3) is 4.80. The molecule has 0 bridgehead atoms. The Morgan fingerprint density at radius 2 is 1.83 bits per heavy atom. The van der Waals surface area contributed by atoms with Crippen molar-refractivity contribution in [3.05, 3.63) is 41.5 Å². The molecule has 3 heteroatoms. The molecule has 2 rings (SSSR count). The molecule has 1 aromatic rings. The van der Waals surface area contributed by atoms with Gasteiger partial charge in [0.15, 0.2) is 5.78 Å². The van der Waals surface area contributed by atoms with E-state index >= 15 is 0 Å². The summed E-state index contributed by atoms with van der Waals surface area (Å²) in [6, 6.07) is 9.41. The lowest BCUT2D eigenvalue weighted by Gasteiger charge is -2.36. The summed E-state index contributed by atoms with van der Waals surface area (Å²) in [5.41, 5.74) is 0.957. The zero-order valence-electron chi connectivity index (χ0n) is 15.1. The smallest absolute Gasteiger partial charge is 0.342 e. The third-order valence-corrected chi connectivity index (χ3v) is 4.93. The Morgan fingerprint density at radius 1 is 1.17 bits per heavy atom. The zero-order chi connectivity index (χ0) is 17.7. The maximum absolute atomic E-state index is 12.6. The quantitative estimate of drug-likeness (QED) is 0.342. The standard InChI is InChI=1S/C21H28O3/c1-14(2)18-11-10-15(3)12-20(18)24-21(23)19(16(4)22)13-17-8-6-5-7-9-17/h5-9,13-15,18,20H,10-12H2,1-4H3/b19-13-/t15-,18-,20-/m1/s1. The normalized spacial score (nSPS) is 24.7. The lowest BCUT2D eigenvalue weighted by atomic mass is 9.75. The van der Waals surface area contributed by atoms with Crippen molar-refractivity contribution in [3.8, 4) is 0 Å². The van der Waals surface area contributed by atoms with Crippen LogP contribution in [0.4, 0.5) is 0 Å². The lowest BCUT2D eigenvalue weighted by Crippen LogP contribution is -2.36. The molecule has 0 unspecified atom stereocenters. The lowest BCUT2D eigenvalue weighted by molar-refractivity contribution is -0.151. The minimum Gasteiger partial charge on any atom is -0.458 e. The Morgan fingerprint density at radius 3 is 2.42 bits per heavy atom. The molecule has 0 aromatic heterocycles. The van der Waals surface area contributed by atoms with Crippen LogP contribution in [0.2, 0.25) is 0 Å². The first-order chi connectivity index (χ1) is 11.4. The van der Waals surface area contributed by atoms with Gasteiger partial charge < -0.3 is 4.74 Å². The second-order valence-electron chi connectivity index (χ2n) is 7.29. The van der Waals surface area contributed by atoms with Gasteiger partial charge in [0.1, 0.15) is 11.7 Å². The van der Waals surface area contributed by atoms with E-state index < -0.39 is 5.97 Å². The molecule has 1 saturated carbocycles. The van der Waals surface area contributed by atoms with Crippen LogP contribution in [-0.4, -0.2) is 17.9 Å². The van der Waals surface area contributed by atoms with Gasteiger partial charge in [-0.3, -0.25) is 4.79 Å².